The van der Waals surface area contributed by atoms with Crippen molar-refractivity contribution in [2.45, 2.75) is 32.1 Å². The highest BCUT2D eigenvalue weighted by atomic mass is 16.5. The molecule has 0 aromatic rings. The van der Waals surface area contributed by atoms with Crippen molar-refractivity contribution < 1.29 is 9.47 Å². The van der Waals surface area contributed by atoms with Crippen LogP contribution in [0.5, 0.6) is 0 Å². The fourth-order valence-electron chi connectivity index (χ4n) is 1.65. The van der Waals surface area contributed by atoms with Crippen LogP contribution in [0, 0.1) is 0 Å². The molecule has 3 heteroatoms. The first-order chi connectivity index (χ1) is 5.69. The van der Waals surface area contributed by atoms with E-state index in [4.69, 9.17) is 9.47 Å². The van der Waals surface area contributed by atoms with Crippen molar-refractivity contribution in [2.24, 2.45) is 0 Å². The fourth-order valence-corrected chi connectivity index (χ4v) is 1.65. The second-order valence-electron chi connectivity index (χ2n) is 3.60. The first-order valence-electron chi connectivity index (χ1n) is 4.48. The van der Waals surface area contributed by atoms with Crippen molar-refractivity contribution in [3.63, 3.8) is 0 Å². The maximum absolute atomic E-state index is 5.33. The Kier molecular flexibility index (Phi) is 3.50. The summed E-state index contributed by atoms with van der Waals surface area (Å²) >= 11 is 0. The first kappa shape index (κ1) is 9.96. The molecule has 2 atom stereocenters. The highest BCUT2D eigenvalue weighted by molar-refractivity contribution is 4.86. The molecule has 0 N–H and O–H groups in total. The lowest BCUT2D eigenvalue weighted by molar-refractivity contribution is -0.00461. The molecule has 0 unspecified atom stereocenters. The third-order valence-corrected chi connectivity index (χ3v) is 2.58. The lowest BCUT2D eigenvalue weighted by Crippen LogP contribution is -2.29. The number of ether oxygens (including phenoxy) is 2. The molecule has 1 aliphatic heterocycles. The molecule has 1 saturated heterocycles. The lowest BCUT2D eigenvalue weighted by Gasteiger charge is -2.19. The number of hydrogen-bond acceptors (Lipinski definition) is 3. The molecule has 3 nitrogen and oxygen atoms in total. The van der Waals surface area contributed by atoms with Crippen LogP contribution in [0.3, 0.4) is 0 Å². The van der Waals surface area contributed by atoms with E-state index in [0.717, 1.165) is 13.1 Å². The average Bonchev–Trinajstić information content (AvgIpc) is 2.46. The smallest absolute Gasteiger partial charge is 0.0971 e. The molecular formula is C9H19NO2. The highest BCUT2D eigenvalue weighted by Gasteiger charge is 2.33. The summed E-state index contributed by atoms with van der Waals surface area (Å²) in [5.74, 6) is 0. The molecule has 1 rings (SSSR count). The van der Waals surface area contributed by atoms with Crippen molar-refractivity contribution in [1.82, 2.24) is 4.90 Å². The number of nitrogens with zero attached hydrogens (tertiary/aromatic N) is 1. The molecule has 0 radical (unpaired) electrons. The number of likely N-dealkylation sites (tertiary alicyclic amines) is 1. The molecule has 0 aromatic carbocycles. The van der Waals surface area contributed by atoms with Gasteiger partial charge < -0.3 is 9.47 Å². The van der Waals surface area contributed by atoms with Gasteiger partial charge in [0.2, 0.25) is 0 Å². The van der Waals surface area contributed by atoms with Crippen LogP contribution in [-0.4, -0.2) is 50.5 Å². The van der Waals surface area contributed by atoms with E-state index < -0.39 is 0 Å². The van der Waals surface area contributed by atoms with Crippen LogP contribution in [0.25, 0.3) is 0 Å². The summed E-state index contributed by atoms with van der Waals surface area (Å²) < 4.78 is 10.7. The van der Waals surface area contributed by atoms with E-state index in [1.54, 1.807) is 14.2 Å². The molecule has 0 aromatic heterocycles. The van der Waals surface area contributed by atoms with E-state index in [-0.39, 0.29) is 12.2 Å². The van der Waals surface area contributed by atoms with Crippen molar-refractivity contribution >= 4 is 0 Å². The summed E-state index contributed by atoms with van der Waals surface area (Å²) in [5.41, 5.74) is 0. The van der Waals surface area contributed by atoms with Gasteiger partial charge in [-0.1, -0.05) is 0 Å². The molecule has 1 heterocycles. The van der Waals surface area contributed by atoms with Gasteiger partial charge in [0.25, 0.3) is 0 Å². The third-order valence-electron chi connectivity index (χ3n) is 2.58. The minimum absolute atomic E-state index is 0.248. The van der Waals surface area contributed by atoms with Gasteiger partial charge in [0, 0.05) is 33.4 Å². The van der Waals surface area contributed by atoms with Crippen molar-refractivity contribution in [3.8, 4) is 0 Å². The Morgan fingerprint density at radius 2 is 1.50 bits per heavy atom. The van der Waals surface area contributed by atoms with Gasteiger partial charge in [0.05, 0.1) is 12.2 Å². The molecule has 0 bridgehead atoms. The van der Waals surface area contributed by atoms with E-state index in [1.807, 2.05) is 0 Å². The number of hydrogen-bond donors (Lipinski definition) is 0. The van der Waals surface area contributed by atoms with Gasteiger partial charge in [-0.2, -0.15) is 0 Å². The Balaban J connectivity index is 2.47. The van der Waals surface area contributed by atoms with E-state index in [2.05, 4.69) is 18.7 Å². The third kappa shape index (κ3) is 1.97. The summed E-state index contributed by atoms with van der Waals surface area (Å²) in [4.78, 5) is 2.38. The van der Waals surface area contributed by atoms with Gasteiger partial charge in [-0.25, -0.2) is 0 Å². The van der Waals surface area contributed by atoms with E-state index >= 15 is 0 Å². The van der Waals surface area contributed by atoms with Gasteiger partial charge in [-0.05, 0) is 13.8 Å². The molecule has 72 valence electrons. The number of rotatable bonds is 3. The molecule has 0 amide bonds. The maximum atomic E-state index is 5.33. The normalized spacial score (nSPS) is 31.8. The predicted molar refractivity (Wildman–Crippen MR) is 48.3 cm³/mol. The Morgan fingerprint density at radius 3 is 1.75 bits per heavy atom. The second-order valence-corrected chi connectivity index (χ2v) is 3.60. The molecule has 0 saturated carbocycles. The zero-order valence-electron chi connectivity index (χ0n) is 8.41. The standard InChI is InChI=1S/C9H19NO2/c1-7(2)10-5-8(11-3)9(6-10)12-4/h7-9H,5-6H2,1-4H3/t8-,9+. The van der Waals surface area contributed by atoms with Crippen LogP contribution in [-0.2, 0) is 9.47 Å². The predicted octanol–water partition coefficient (Wildman–Crippen LogP) is 0.740. The summed E-state index contributed by atoms with van der Waals surface area (Å²) in [6.45, 7) is 6.38. The summed E-state index contributed by atoms with van der Waals surface area (Å²) in [5, 5.41) is 0. The molecule has 1 fully saturated rings. The second kappa shape index (κ2) is 4.21. The molecular weight excluding hydrogens is 154 g/mol. The highest BCUT2D eigenvalue weighted by Crippen LogP contribution is 2.17. The SMILES string of the molecule is CO[C@H]1CN(C(C)C)C[C@H]1OC. The van der Waals surface area contributed by atoms with Gasteiger partial charge in [0.15, 0.2) is 0 Å². The Morgan fingerprint density at radius 1 is 1.08 bits per heavy atom. The molecule has 0 aliphatic carbocycles. The minimum atomic E-state index is 0.248. The molecule has 12 heavy (non-hydrogen) atoms. The summed E-state index contributed by atoms with van der Waals surface area (Å²) in [6, 6.07) is 0.586. The fraction of sp³-hybridized carbons (Fsp3) is 1.00. The Hall–Kier alpha value is -0.120. The van der Waals surface area contributed by atoms with E-state index in [1.165, 1.54) is 0 Å². The lowest BCUT2D eigenvalue weighted by atomic mass is 10.3. The summed E-state index contributed by atoms with van der Waals surface area (Å²) in [6.07, 6.45) is 0.495. The van der Waals surface area contributed by atoms with Crippen LogP contribution in [0.15, 0.2) is 0 Å². The van der Waals surface area contributed by atoms with Gasteiger partial charge in [-0.15, -0.1) is 0 Å². The molecule has 1 aliphatic rings. The first-order valence-corrected chi connectivity index (χ1v) is 4.48. The summed E-state index contributed by atoms with van der Waals surface area (Å²) in [7, 11) is 3.50. The largest absolute Gasteiger partial charge is 0.377 e. The maximum Gasteiger partial charge on any atom is 0.0971 e. The van der Waals surface area contributed by atoms with Crippen LogP contribution < -0.4 is 0 Å². The zero-order valence-corrected chi connectivity index (χ0v) is 8.41. The van der Waals surface area contributed by atoms with E-state index in [0.29, 0.717) is 6.04 Å². The molecule has 0 spiro atoms. The quantitative estimate of drug-likeness (QED) is 0.628. The van der Waals surface area contributed by atoms with Gasteiger partial charge >= 0.3 is 0 Å². The van der Waals surface area contributed by atoms with Crippen LogP contribution in [0.4, 0.5) is 0 Å². The van der Waals surface area contributed by atoms with Crippen molar-refractivity contribution in [3.05, 3.63) is 0 Å². The van der Waals surface area contributed by atoms with Crippen LogP contribution in [0.2, 0.25) is 0 Å². The van der Waals surface area contributed by atoms with E-state index in [9.17, 15) is 0 Å². The number of methoxy groups -OCH3 is 2. The van der Waals surface area contributed by atoms with Crippen LogP contribution in [0.1, 0.15) is 13.8 Å². The monoisotopic (exact) mass is 173 g/mol. The van der Waals surface area contributed by atoms with Gasteiger partial charge in [0.1, 0.15) is 0 Å². The van der Waals surface area contributed by atoms with Gasteiger partial charge in [-0.3, -0.25) is 4.90 Å². The topological polar surface area (TPSA) is 21.7 Å². The van der Waals surface area contributed by atoms with Crippen molar-refractivity contribution in [1.29, 1.82) is 0 Å². The Bertz CT molecular complexity index is 126. The zero-order chi connectivity index (χ0) is 9.14. The van der Waals surface area contributed by atoms with Crippen molar-refractivity contribution in [2.75, 3.05) is 27.3 Å². The minimum Gasteiger partial charge on any atom is -0.377 e. The average molecular weight is 173 g/mol. The Labute approximate surface area is 74.6 Å². The van der Waals surface area contributed by atoms with Crippen LogP contribution >= 0.6 is 0 Å².